The Kier molecular flexibility index (Phi) is 11.9. The van der Waals surface area contributed by atoms with E-state index in [-0.39, 0.29) is 17.5 Å². The van der Waals surface area contributed by atoms with E-state index in [1.807, 2.05) is 6.92 Å². The highest BCUT2D eigenvalue weighted by Gasteiger charge is 2.32. The molecule has 4 heteroatoms. The molecule has 25 heavy (non-hydrogen) atoms. The SMILES string of the molecule is C=C(NC(=O)C(C)(CCC)CCCC)C(=O)N/C(=C\CCC)CCC. The van der Waals surface area contributed by atoms with E-state index in [1.54, 1.807) is 0 Å². The van der Waals surface area contributed by atoms with E-state index in [1.165, 1.54) is 0 Å². The molecule has 0 fully saturated rings. The maximum absolute atomic E-state index is 12.7. The first kappa shape index (κ1) is 23.4. The lowest BCUT2D eigenvalue weighted by Gasteiger charge is -2.28. The first-order valence-electron chi connectivity index (χ1n) is 9.85. The number of unbranched alkanes of at least 4 members (excludes halogenated alkanes) is 2. The fourth-order valence-corrected chi connectivity index (χ4v) is 2.84. The smallest absolute Gasteiger partial charge is 0.271 e. The Morgan fingerprint density at radius 2 is 1.64 bits per heavy atom. The number of amides is 2. The third kappa shape index (κ3) is 8.89. The zero-order chi connectivity index (χ0) is 19.3. The van der Waals surface area contributed by atoms with Crippen LogP contribution >= 0.6 is 0 Å². The van der Waals surface area contributed by atoms with Crippen molar-refractivity contribution in [3.8, 4) is 0 Å². The minimum Gasteiger partial charge on any atom is -0.325 e. The predicted octanol–water partition coefficient (Wildman–Crippen LogP) is 5.21. The van der Waals surface area contributed by atoms with E-state index in [2.05, 4.69) is 51.0 Å². The molecule has 144 valence electrons. The molecular weight excluding hydrogens is 312 g/mol. The van der Waals surface area contributed by atoms with Crippen LogP contribution in [0.3, 0.4) is 0 Å². The van der Waals surface area contributed by atoms with Crippen LogP contribution in [-0.4, -0.2) is 11.8 Å². The second-order valence-electron chi connectivity index (χ2n) is 7.07. The summed E-state index contributed by atoms with van der Waals surface area (Å²) in [5.41, 5.74) is 0.590. The molecule has 0 radical (unpaired) electrons. The Hall–Kier alpha value is -1.58. The van der Waals surface area contributed by atoms with Gasteiger partial charge in [0.15, 0.2) is 0 Å². The summed E-state index contributed by atoms with van der Waals surface area (Å²) < 4.78 is 0. The van der Waals surface area contributed by atoms with Gasteiger partial charge in [-0.2, -0.15) is 0 Å². The van der Waals surface area contributed by atoms with Gasteiger partial charge in [0.2, 0.25) is 5.91 Å². The summed E-state index contributed by atoms with van der Waals surface area (Å²) in [6, 6.07) is 0. The summed E-state index contributed by atoms with van der Waals surface area (Å²) in [7, 11) is 0. The molecule has 0 rings (SSSR count). The van der Waals surface area contributed by atoms with E-state index < -0.39 is 5.41 Å². The summed E-state index contributed by atoms with van der Waals surface area (Å²) in [6.07, 6.45) is 10.4. The molecule has 0 aliphatic heterocycles. The molecule has 0 aliphatic carbocycles. The molecule has 0 bridgehead atoms. The maximum atomic E-state index is 12.7. The summed E-state index contributed by atoms with van der Waals surface area (Å²) in [4.78, 5) is 25.1. The van der Waals surface area contributed by atoms with Gasteiger partial charge in [0.05, 0.1) is 5.70 Å². The number of carbonyl (C=O) groups is 2. The largest absolute Gasteiger partial charge is 0.325 e. The van der Waals surface area contributed by atoms with Gasteiger partial charge in [-0.3, -0.25) is 9.59 Å². The number of rotatable bonds is 13. The predicted molar refractivity (Wildman–Crippen MR) is 106 cm³/mol. The minimum atomic E-state index is -0.446. The van der Waals surface area contributed by atoms with Crippen LogP contribution in [0.15, 0.2) is 24.0 Å². The highest BCUT2D eigenvalue weighted by atomic mass is 16.2. The topological polar surface area (TPSA) is 58.2 Å². The zero-order valence-corrected chi connectivity index (χ0v) is 17.0. The van der Waals surface area contributed by atoms with Crippen molar-refractivity contribution < 1.29 is 9.59 Å². The van der Waals surface area contributed by atoms with Crippen LogP contribution in [0.25, 0.3) is 0 Å². The van der Waals surface area contributed by atoms with E-state index in [0.717, 1.165) is 63.5 Å². The molecule has 0 saturated heterocycles. The van der Waals surface area contributed by atoms with E-state index in [4.69, 9.17) is 0 Å². The Morgan fingerprint density at radius 1 is 0.960 bits per heavy atom. The fourth-order valence-electron chi connectivity index (χ4n) is 2.84. The van der Waals surface area contributed by atoms with Gasteiger partial charge in [0.25, 0.3) is 5.91 Å². The molecule has 0 aromatic rings. The van der Waals surface area contributed by atoms with E-state index in [0.29, 0.717) is 0 Å². The molecular formula is C21H38N2O2. The van der Waals surface area contributed by atoms with Crippen LogP contribution in [-0.2, 0) is 9.59 Å². The standard InChI is InChI=1S/C21H38N2O2/c1-7-11-14-18(13-9-3)23-19(24)17(5)22-20(25)21(6,15-10-4)16-12-8-2/h14H,5,7-13,15-16H2,1-4,6H3,(H,22,25)(H,23,24)/b18-14-. The van der Waals surface area contributed by atoms with Gasteiger partial charge in [-0.25, -0.2) is 0 Å². The lowest BCUT2D eigenvalue weighted by Crippen LogP contribution is -2.42. The van der Waals surface area contributed by atoms with Gasteiger partial charge in [-0.05, 0) is 25.7 Å². The monoisotopic (exact) mass is 350 g/mol. The van der Waals surface area contributed by atoms with Crippen molar-refractivity contribution in [3.05, 3.63) is 24.0 Å². The number of nitrogens with one attached hydrogen (secondary N) is 2. The van der Waals surface area contributed by atoms with Crippen molar-refractivity contribution in [2.75, 3.05) is 0 Å². The van der Waals surface area contributed by atoms with Gasteiger partial charge in [0, 0.05) is 11.1 Å². The molecule has 1 unspecified atom stereocenters. The van der Waals surface area contributed by atoms with Crippen molar-refractivity contribution >= 4 is 11.8 Å². The fraction of sp³-hybridized carbons (Fsp3) is 0.714. The Bertz CT molecular complexity index is 469. The molecule has 0 aliphatic rings. The maximum Gasteiger partial charge on any atom is 0.271 e. The van der Waals surface area contributed by atoms with Crippen molar-refractivity contribution in [1.82, 2.24) is 10.6 Å². The first-order chi connectivity index (χ1) is 11.8. The van der Waals surface area contributed by atoms with Gasteiger partial charge in [-0.15, -0.1) is 0 Å². The van der Waals surface area contributed by atoms with Crippen LogP contribution in [0.4, 0.5) is 0 Å². The molecule has 1 atom stereocenters. The Balaban J connectivity index is 4.86. The third-order valence-corrected chi connectivity index (χ3v) is 4.44. The molecule has 4 nitrogen and oxygen atoms in total. The van der Waals surface area contributed by atoms with Gasteiger partial charge < -0.3 is 10.6 Å². The normalized spacial score (nSPS) is 13.9. The summed E-state index contributed by atoms with van der Waals surface area (Å²) in [5, 5.41) is 5.64. The molecule has 0 aromatic heterocycles. The van der Waals surface area contributed by atoms with Crippen LogP contribution in [0.5, 0.6) is 0 Å². The Labute approximate surface area is 154 Å². The summed E-state index contributed by atoms with van der Waals surface area (Å²) in [5.74, 6) is -0.420. The molecule has 2 amide bonds. The highest BCUT2D eigenvalue weighted by molar-refractivity contribution is 5.98. The van der Waals surface area contributed by atoms with Gasteiger partial charge in [0.1, 0.15) is 0 Å². The van der Waals surface area contributed by atoms with Gasteiger partial charge >= 0.3 is 0 Å². The third-order valence-electron chi connectivity index (χ3n) is 4.44. The minimum absolute atomic E-state index is 0.0995. The second kappa shape index (κ2) is 12.7. The molecule has 0 aromatic carbocycles. The molecule has 0 spiro atoms. The lowest BCUT2D eigenvalue weighted by atomic mass is 9.80. The van der Waals surface area contributed by atoms with Crippen molar-refractivity contribution in [2.24, 2.45) is 5.41 Å². The highest BCUT2D eigenvalue weighted by Crippen LogP contribution is 2.30. The van der Waals surface area contributed by atoms with E-state index in [9.17, 15) is 9.59 Å². The van der Waals surface area contributed by atoms with Gasteiger partial charge in [-0.1, -0.05) is 79.4 Å². The molecule has 0 saturated carbocycles. The molecule has 2 N–H and O–H groups in total. The zero-order valence-electron chi connectivity index (χ0n) is 17.0. The average Bonchev–Trinajstić information content (AvgIpc) is 2.58. The van der Waals surface area contributed by atoms with Crippen LogP contribution in [0, 0.1) is 5.41 Å². The number of hydrogen-bond donors (Lipinski definition) is 2. The van der Waals surface area contributed by atoms with Crippen molar-refractivity contribution in [1.29, 1.82) is 0 Å². The first-order valence-corrected chi connectivity index (χ1v) is 9.85. The summed E-state index contributed by atoms with van der Waals surface area (Å²) >= 11 is 0. The van der Waals surface area contributed by atoms with Crippen molar-refractivity contribution in [3.63, 3.8) is 0 Å². The number of carbonyl (C=O) groups excluding carboxylic acids is 2. The van der Waals surface area contributed by atoms with E-state index >= 15 is 0 Å². The number of allylic oxidation sites excluding steroid dienone is 2. The van der Waals surface area contributed by atoms with Crippen molar-refractivity contribution in [2.45, 2.75) is 92.4 Å². The van der Waals surface area contributed by atoms with Crippen LogP contribution < -0.4 is 10.6 Å². The lowest BCUT2D eigenvalue weighted by molar-refractivity contribution is -0.131. The average molecular weight is 351 g/mol. The summed E-state index contributed by atoms with van der Waals surface area (Å²) in [6.45, 7) is 14.1. The van der Waals surface area contributed by atoms with Crippen LogP contribution in [0.1, 0.15) is 92.4 Å². The number of hydrogen-bond acceptors (Lipinski definition) is 2. The Morgan fingerprint density at radius 3 is 2.16 bits per heavy atom. The quantitative estimate of drug-likeness (QED) is 0.448. The van der Waals surface area contributed by atoms with Crippen LogP contribution in [0.2, 0.25) is 0 Å². The molecule has 0 heterocycles. The second-order valence-corrected chi connectivity index (χ2v) is 7.07.